The topological polar surface area (TPSA) is 131 Å². The van der Waals surface area contributed by atoms with Crippen LogP contribution >= 0.6 is 0 Å². The van der Waals surface area contributed by atoms with E-state index in [1.165, 1.54) is 0 Å². The molecule has 0 aliphatic carbocycles. The molecule has 1 aliphatic rings. The first-order chi connectivity index (χ1) is 15.4. The lowest BCUT2D eigenvalue weighted by atomic mass is 9.83. The number of ether oxygens (including phenoxy) is 1. The molecule has 33 heavy (non-hydrogen) atoms. The highest BCUT2D eigenvalue weighted by Gasteiger charge is 2.28. The van der Waals surface area contributed by atoms with Crippen molar-refractivity contribution >= 4 is 29.4 Å². The second-order valence-corrected chi connectivity index (χ2v) is 9.20. The molecule has 4 amide bonds. The van der Waals surface area contributed by atoms with E-state index in [1.807, 2.05) is 27.7 Å². The minimum atomic E-state index is -0.549. The van der Waals surface area contributed by atoms with Crippen molar-refractivity contribution in [2.45, 2.75) is 60.3 Å². The summed E-state index contributed by atoms with van der Waals surface area (Å²) in [6.07, 6.45) is 4.22. The standard InChI is InChI=1S/C23H37N3O7/c1-6-22(4,12-17(3)27)15-32-16-23(5,7-2)14-24-19(29)13-33-25-18(28)10-11-26-20(30)8-9-21(26)31/h8-9H,6-7,10-16H2,1-5H3,(H,24,29)(H,25,28). The Hall–Kier alpha value is -2.59. The third kappa shape index (κ3) is 10.3. The first-order valence-corrected chi connectivity index (χ1v) is 11.2. The van der Waals surface area contributed by atoms with Gasteiger partial charge in [-0.3, -0.25) is 28.9 Å². The molecule has 0 bridgehead atoms. The summed E-state index contributed by atoms with van der Waals surface area (Å²) in [5.41, 5.74) is 1.62. The maximum atomic E-state index is 12.1. The zero-order chi connectivity index (χ0) is 25.1. The van der Waals surface area contributed by atoms with E-state index in [2.05, 4.69) is 10.8 Å². The number of amides is 4. The van der Waals surface area contributed by atoms with Crippen molar-refractivity contribution in [3.05, 3.63) is 12.2 Å². The van der Waals surface area contributed by atoms with Crippen LogP contribution < -0.4 is 10.8 Å². The second-order valence-electron chi connectivity index (χ2n) is 9.20. The van der Waals surface area contributed by atoms with Crippen LogP contribution in [0.2, 0.25) is 0 Å². The summed E-state index contributed by atoms with van der Waals surface area (Å²) in [7, 11) is 0. The molecule has 0 saturated carbocycles. The number of hydrogen-bond donors (Lipinski definition) is 2. The molecule has 0 fully saturated rings. The Bertz CT molecular complexity index is 749. The van der Waals surface area contributed by atoms with E-state index in [9.17, 15) is 24.0 Å². The lowest BCUT2D eigenvalue weighted by Crippen LogP contribution is -2.41. The predicted octanol–water partition coefficient (Wildman–Crippen LogP) is 1.29. The highest BCUT2D eigenvalue weighted by molar-refractivity contribution is 6.13. The Morgan fingerprint density at radius 2 is 1.55 bits per heavy atom. The van der Waals surface area contributed by atoms with Crippen molar-refractivity contribution in [2.24, 2.45) is 10.8 Å². The molecule has 0 aromatic carbocycles. The zero-order valence-electron chi connectivity index (χ0n) is 20.3. The largest absolute Gasteiger partial charge is 0.380 e. The van der Waals surface area contributed by atoms with Gasteiger partial charge in [-0.15, -0.1) is 0 Å². The van der Waals surface area contributed by atoms with Gasteiger partial charge in [-0.2, -0.15) is 0 Å². The molecule has 186 valence electrons. The van der Waals surface area contributed by atoms with Crippen molar-refractivity contribution in [3.8, 4) is 0 Å². The van der Waals surface area contributed by atoms with E-state index in [0.29, 0.717) is 26.2 Å². The van der Waals surface area contributed by atoms with Gasteiger partial charge >= 0.3 is 0 Å². The molecule has 1 heterocycles. The van der Waals surface area contributed by atoms with Gasteiger partial charge in [0.2, 0.25) is 11.8 Å². The van der Waals surface area contributed by atoms with Crippen molar-refractivity contribution in [1.82, 2.24) is 15.7 Å². The molecular weight excluding hydrogens is 430 g/mol. The van der Waals surface area contributed by atoms with Crippen LogP contribution in [0.5, 0.6) is 0 Å². The quantitative estimate of drug-likeness (QED) is 0.258. The Morgan fingerprint density at radius 1 is 0.970 bits per heavy atom. The number of carbonyl (C=O) groups is 5. The number of imide groups is 1. The lowest BCUT2D eigenvalue weighted by molar-refractivity contribution is -0.140. The molecule has 10 nitrogen and oxygen atoms in total. The number of Topliss-reactive ketones (excluding diaryl/α,β-unsaturated/α-hetero) is 1. The summed E-state index contributed by atoms with van der Waals surface area (Å²) in [6.45, 7) is 10.5. The minimum Gasteiger partial charge on any atom is -0.380 e. The van der Waals surface area contributed by atoms with E-state index in [1.54, 1.807) is 6.92 Å². The van der Waals surface area contributed by atoms with Gasteiger partial charge in [0.25, 0.3) is 11.8 Å². The highest BCUT2D eigenvalue weighted by Crippen LogP contribution is 2.28. The second kappa shape index (κ2) is 13.2. The van der Waals surface area contributed by atoms with Crippen LogP contribution in [0.3, 0.4) is 0 Å². The Labute approximate surface area is 195 Å². The molecule has 0 aromatic heterocycles. The monoisotopic (exact) mass is 467 g/mol. The first-order valence-electron chi connectivity index (χ1n) is 11.2. The number of nitrogens with one attached hydrogen (secondary N) is 2. The Kier molecular flexibility index (Phi) is 11.4. The molecule has 2 atom stereocenters. The summed E-state index contributed by atoms with van der Waals surface area (Å²) < 4.78 is 5.93. The van der Waals surface area contributed by atoms with Crippen LogP contribution in [0.15, 0.2) is 12.2 Å². The van der Waals surface area contributed by atoms with E-state index in [-0.39, 0.29) is 36.2 Å². The van der Waals surface area contributed by atoms with Crippen LogP contribution in [-0.2, 0) is 33.5 Å². The molecule has 0 aromatic rings. The molecular formula is C23H37N3O7. The predicted molar refractivity (Wildman–Crippen MR) is 120 cm³/mol. The third-order valence-electron chi connectivity index (χ3n) is 5.85. The highest BCUT2D eigenvalue weighted by atomic mass is 16.7. The molecule has 1 rings (SSSR count). The smallest absolute Gasteiger partial charge is 0.253 e. The average Bonchev–Trinajstić information content (AvgIpc) is 3.07. The van der Waals surface area contributed by atoms with Gasteiger partial charge < -0.3 is 14.8 Å². The van der Waals surface area contributed by atoms with Gasteiger partial charge in [0.15, 0.2) is 6.61 Å². The van der Waals surface area contributed by atoms with E-state index in [4.69, 9.17) is 9.57 Å². The molecule has 0 spiro atoms. The molecule has 2 N–H and O–H groups in total. The summed E-state index contributed by atoms with van der Waals surface area (Å²) in [6, 6.07) is 0. The van der Waals surface area contributed by atoms with E-state index >= 15 is 0 Å². The van der Waals surface area contributed by atoms with Gasteiger partial charge in [-0.05, 0) is 25.2 Å². The van der Waals surface area contributed by atoms with Gasteiger partial charge in [0, 0.05) is 43.5 Å². The van der Waals surface area contributed by atoms with Crippen molar-refractivity contribution < 1.29 is 33.5 Å². The normalized spacial score (nSPS) is 16.9. The van der Waals surface area contributed by atoms with Crippen LogP contribution in [-0.4, -0.2) is 67.2 Å². The number of rotatable bonds is 16. The number of nitrogens with zero attached hydrogens (tertiary/aromatic N) is 1. The SMILES string of the molecule is CCC(C)(CNC(=O)CONC(=O)CCN1C(=O)C=CC1=O)COCC(C)(CC)CC(C)=O. The number of carbonyl (C=O) groups excluding carboxylic acids is 5. The van der Waals surface area contributed by atoms with Crippen LogP contribution in [0.4, 0.5) is 0 Å². The van der Waals surface area contributed by atoms with E-state index < -0.39 is 23.6 Å². The van der Waals surface area contributed by atoms with Crippen molar-refractivity contribution in [1.29, 1.82) is 0 Å². The van der Waals surface area contributed by atoms with Crippen molar-refractivity contribution in [2.75, 3.05) is 32.9 Å². The molecule has 1 aliphatic heterocycles. The molecule has 2 unspecified atom stereocenters. The first kappa shape index (κ1) is 28.4. The van der Waals surface area contributed by atoms with Gasteiger partial charge in [-0.1, -0.05) is 27.7 Å². The number of hydroxylamine groups is 1. The molecule has 0 radical (unpaired) electrons. The number of ketones is 1. The van der Waals surface area contributed by atoms with Gasteiger partial charge in [0.1, 0.15) is 5.78 Å². The van der Waals surface area contributed by atoms with Crippen LogP contribution in [0.1, 0.15) is 60.3 Å². The number of hydrogen-bond acceptors (Lipinski definition) is 7. The Balaban J connectivity index is 2.30. The maximum Gasteiger partial charge on any atom is 0.253 e. The van der Waals surface area contributed by atoms with Crippen LogP contribution in [0, 0.1) is 10.8 Å². The van der Waals surface area contributed by atoms with Gasteiger partial charge in [0.05, 0.1) is 13.2 Å². The van der Waals surface area contributed by atoms with Gasteiger partial charge in [-0.25, -0.2) is 5.48 Å². The molecule has 10 heteroatoms. The fourth-order valence-corrected chi connectivity index (χ4v) is 3.16. The maximum absolute atomic E-state index is 12.1. The minimum absolute atomic E-state index is 0.0651. The molecule has 0 saturated heterocycles. The summed E-state index contributed by atoms with van der Waals surface area (Å²) >= 11 is 0. The van der Waals surface area contributed by atoms with Crippen LogP contribution in [0.25, 0.3) is 0 Å². The fraction of sp³-hybridized carbons (Fsp3) is 0.696. The summed E-state index contributed by atoms with van der Waals surface area (Å²) in [5.74, 6) is -1.75. The zero-order valence-corrected chi connectivity index (χ0v) is 20.3. The summed E-state index contributed by atoms with van der Waals surface area (Å²) in [4.78, 5) is 64.1. The third-order valence-corrected chi connectivity index (χ3v) is 5.85. The summed E-state index contributed by atoms with van der Waals surface area (Å²) in [5, 5.41) is 2.77. The lowest BCUT2D eigenvalue weighted by Gasteiger charge is -2.32. The van der Waals surface area contributed by atoms with E-state index in [0.717, 1.165) is 29.9 Å². The average molecular weight is 468 g/mol. The van der Waals surface area contributed by atoms with Crippen molar-refractivity contribution in [3.63, 3.8) is 0 Å². The fourth-order valence-electron chi connectivity index (χ4n) is 3.16. The Morgan fingerprint density at radius 3 is 2.09 bits per heavy atom.